The zero-order chi connectivity index (χ0) is 18.7. The Hall–Kier alpha value is -2.21. The smallest absolute Gasteiger partial charge is 0.321 e. The molecule has 1 N–H and O–H groups in total. The Morgan fingerprint density at radius 1 is 1.12 bits per heavy atom. The zero-order valence-corrected chi connectivity index (χ0v) is 15.8. The summed E-state index contributed by atoms with van der Waals surface area (Å²) in [5.41, 5.74) is 2.39. The maximum atomic E-state index is 12.6. The number of thiophene rings is 1. The lowest BCUT2D eigenvalue weighted by atomic mass is 9.99. The first-order valence-electron chi connectivity index (χ1n) is 8.13. The molecule has 1 amide bonds. The van der Waals surface area contributed by atoms with Crippen LogP contribution in [-0.4, -0.2) is 11.9 Å². The number of anilines is 1. The van der Waals surface area contributed by atoms with Crippen LogP contribution in [0.5, 0.6) is 0 Å². The average molecular weight is 363 g/mol. The lowest BCUT2D eigenvalue weighted by Crippen LogP contribution is -2.11. The number of benzene rings is 1. The highest BCUT2D eigenvalue weighted by molar-refractivity contribution is 7.14. The summed E-state index contributed by atoms with van der Waals surface area (Å²) in [7, 11) is 0. The van der Waals surface area contributed by atoms with E-state index < -0.39 is 5.97 Å². The van der Waals surface area contributed by atoms with Crippen molar-refractivity contribution in [1.29, 1.82) is 0 Å². The average Bonchev–Trinajstić information content (AvgIpc) is 3.00. The first-order chi connectivity index (χ1) is 11.7. The fraction of sp³-hybridized carbons (Fsp3) is 0.368. The van der Waals surface area contributed by atoms with Gasteiger partial charge in [0.1, 0.15) is 0 Å². The molecule has 0 aliphatic carbocycles. The Labute approximate surface area is 150 Å². The van der Waals surface area contributed by atoms with E-state index in [0.29, 0.717) is 28.0 Å². The van der Waals surface area contributed by atoms with Gasteiger partial charge < -0.3 is 5.32 Å². The molecule has 0 saturated heterocycles. The second-order valence-corrected chi connectivity index (χ2v) is 7.67. The molecule has 2 rings (SSSR count). The predicted molar refractivity (Wildman–Crippen MR) is 98.2 cm³/mol. The van der Waals surface area contributed by atoms with Crippen LogP contribution in [0.1, 0.15) is 75.6 Å². The van der Waals surface area contributed by atoms with E-state index in [9.17, 15) is 14.1 Å². The van der Waals surface area contributed by atoms with E-state index in [-0.39, 0.29) is 11.5 Å². The van der Waals surface area contributed by atoms with Gasteiger partial charge in [0.05, 0.1) is 10.4 Å². The molecule has 0 atom stereocenters. The topological polar surface area (TPSA) is 55.4 Å². The van der Waals surface area contributed by atoms with Crippen molar-refractivity contribution in [3.63, 3.8) is 0 Å². The summed E-state index contributed by atoms with van der Waals surface area (Å²) in [6.07, 6.45) is 0. The molecule has 2 aromatic rings. The Kier molecular flexibility index (Phi) is 5.95. The van der Waals surface area contributed by atoms with Gasteiger partial charge in [-0.05, 0) is 54.2 Å². The number of aryl methyl sites for hydroxylation is 1. The maximum absolute atomic E-state index is 12.6. The highest BCUT2D eigenvalue weighted by atomic mass is 32.1. The van der Waals surface area contributed by atoms with Crippen molar-refractivity contribution in [3.05, 3.63) is 50.7 Å². The van der Waals surface area contributed by atoms with E-state index in [4.69, 9.17) is 0 Å². The van der Waals surface area contributed by atoms with Crippen LogP contribution in [0.15, 0.2) is 24.3 Å². The Balaban J connectivity index is 2.24. The standard InChI is InChI=1S/C19H22FNO3S/c1-10(2)15-9-16(25-17(15)11(3)4)18(22)21-13-6-7-14(12(5)8-13)19(23)24-20/h6-11H,1-5H3,(H,21,22). The van der Waals surface area contributed by atoms with Crippen molar-refractivity contribution in [2.24, 2.45) is 0 Å². The van der Waals surface area contributed by atoms with Crippen molar-refractivity contribution < 1.29 is 19.1 Å². The molecule has 6 heteroatoms. The number of carbonyl (C=O) groups is 2. The number of hydrogen-bond donors (Lipinski definition) is 1. The molecule has 4 nitrogen and oxygen atoms in total. The van der Waals surface area contributed by atoms with Crippen LogP contribution in [0.2, 0.25) is 0 Å². The highest BCUT2D eigenvalue weighted by Gasteiger charge is 2.19. The van der Waals surface area contributed by atoms with Gasteiger partial charge in [-0.15, -0.1) is 11.3 Å². The van der Waals surface area contributed by atoms with Crippen molar-refractivity contribution in [2.75, 3.05) is 5.32 Å². The lowest BCUT2D eigenvalue weighted by Gasteiger charge is -2.08. The molecule has 25 heavy (non-hydrogen) atoms. The molecule has 0 aliphatic heterocycles. The minimum Gasteiger partial charge on any atom is -0.321 e. The van der Waals surface area contributed by atoms with Crippen LogP contribution in [0, 0.1) is 6.92 Å². The monoisotopic (exact) mass is 363 g/mol. The third-order valence-corrected chi connectivity index (χ3v) is 5.39. The van der Waals surface area contributed by atoms with Gasteiger partial charge in [0.25, 0.3) is 5.91 Å². The summed E-state index contributed by atoms with van der Waals surface area (Å²) < 4.78 is 12.0. The molecule has 0 radical (unpaired) electrons. The highest BCUT2D eigenvalue weighted by Crippen LogP contribution is 2.34. The lowest BCUT2D eigenvalue weighted by molar-refractivity contribution is -0.0788. The first-order valence-corrected chi connectivity index (χ1v) is 8.94. The van der Waals surface area contributed by atoms with Crippen LogP contribution in [-0.2, 0) is 4.94 Å². The minimum atomic E-state index is -1.04. The number of nitrogens with one attached hydrogen (secondary N) is 1. The van der Waals surface area contributed by atoms with E-state index in [1.54, 1.807) is 19.1 Å². The van der Waals surface area contributed by atoms with Crippen LogP contribution in [0.3, 0.4) is 0 Å². The molecule has 0 spiro atoms. The van der Waals surface area contributed by atoms with E-state index in [0.717, 1.165) is 0 Å². The molecule has 1 aromatic heterocycles. The molecule has 1 aromatic carbocycles. The second kappa shape index (κ2) is 7.78. The summed E-state index contributed by atoms with van der Waals surface area (Å²) >= 11 is 1.50. The zero-order valence-electron chi connectivity index (χ0n) is 15.0. The van der Waals surface area contributed by atoms with E-state index >= 15 is 0 Å². The van der Waals surface area contributed by atoms with Gasteiger partial charge in [-0.2, -0.15) is 0 Å². The van der Waals surface area contributed by atoms with Crippen LogP contribution in [0.25, 0.3) is 0 Å². The fourth-order valence-corrected chi connectivity index (χ4v) is 3.85. The number of rotatable bonds is 5. The summed E-state index contributed by atoms with van der Waals surface area (Å²) in [4.78, 5) is 28.9. The van der Waals surface area contributed by atoms with Crippen LogP contribution >= 0.6 is 11.3 Å². The normalized spacial score (nSPS) is 11.0. The summed E-state index contributed by atoms with van der Waals surface area (Å²) in [5.74, 6) is -0.531. The van der Waals surface area contributed by atoms with E-state index in [2.05, 4.69) is 38.0 Å². The first kappa shape index (κ1) is 19.1. The number of amides is 1. The molecule has 0 unspecified atom stereocenters. The molecule has 0 bridgehead atoms. The van der Waals surface area contributed by atoms with Gasteiger partial charge in [0.2, 0.25) is 0 Å². The quantitative estimate of drug-likeness (QED) is 0.752. The number of hydrogen-bond acceptors (Lipinski definition) is 4. The van der Waals surface area contributed by atoms with Crippen molar-refractivity contribution in [1.82, 2.24) is 0 Å². The van der Waals surface area contributed by atoms with E-state index in [1.807, 2.05) is 6.07 Å². The summed E-state index contributed by atoms with van der Waals surface area (Å²) in [6.45, 7) is 10.1. The molecule has 0 aliphatic rings. The molecule has 0 fully saturated rings. The van der Waals surface area contributed by atoms with Gasteiger partial charge in [0, 0.05) is 15.1 Å². The molecule has 0 saturated carbocycles. The minimum absolute atomic E-state index is 0.126. The second-order valence-electron chi connectivity index (χ2n) is 6.59. The summed E-state index contributed by atoms with van der Waals surface area (Å²) in [5, 5.41) is 2.83. The third-order valence-electron chi connectivity index (χ3n) is 3.94. The van der Waals surface area contributed by atoms with Crippen LogP contribution < -0.4 is 5.32 Å². The summed E-state index contributed by atoms with van der Waals surface area (Å²) in [6, 6.07) is 6.55. The molecule has 134 valence electrons. The third kappa shape index (κ3) is 4.25. The van der Waals surface area contributed by atoms with Crippen LogP contribution in [0.4, 0.5) is 10.2 Å². The Morgan fingerprint density at radius 3 is 2.28 bits per heavy atom. The fourth-order valence-electron chi connectivity index (χ4n) is 2.64. The van der Waals surface area contributed by atoms with Gasteiger partial charge in [-0.25, -0.2) is 9.74 Å². The van der Waals surface area contributed by atoms with Gasteiger partial charge in [-0.1, -0.05) is 27.7 Å². The largest absolute Gasteiger partial charge is 0.379 e. The molecule has 1 heterocycles. The van der Waals surface area contributed by atoms with Crippen molar-refractivity contribution >= 4 is 28.9 Å². The number of carbonyl (C=O) groups excluding carboxylic acids is 2. The Bertz CT molecular complexity index is 770. The Morgan fingerprint density at radius 2 is 1.80 bits per heavy atom. The van der Waals surface area contributed by atoms with Gasteiger partial charge >= 0.3 is 5.97 Å². The predicted octanol–water partition coefficient (Wildman–Crippen LogP) is 5.60. The van der Waals surface area contributed by atoms with Crippen molar-refractivity contribution in [3.8, 4) is 0 Å². The SMILES string of the molecule is Cc1cc(NC(=O)c2cc(C(C)C)c(C(C)C)s2)ccc1C(=O)OF. The van der Waals surface area contributed by atoms with Gasteiger partial charge in [-0.3, -0.25) is 4.79 Å². The van der Waals surface area contributed by atoms with E-state index in [1.165, 1.54) is 27.8 Å². The van der Waals surface area contributed by atoms with Gasteiger partial charge in [0.15, 0.2) is 0 Å². The molecular weight excluding hydrogens is 341 g/mol. The van der Waals surface area contributed by atoms with Crippen molar-refractivity contribution in [2.45, 2.75) is 46.5 Å². The number of halogens is 1. The maximum Gasteiger partial charge on any atom is 0.379 e. The molecular formula is C19H22FNO3S.